The van der Waals surface area contributed by atoms with Crippen LogP contribution in [0.3, 0.4) is 0 Å². The minimum absolute atomic E-state index is 0.144. The Morgan fingerprint density at radius 1 is 1.53 bits per heavy atom. The molecular weight excluding hydrogens is 251 g/mol. The first-order chi connectivity index (χ1) is 8.95. The summed E-state index contributed by atoms with van der Waals surface area (Å²) >= 11 is 0. The zero-order chi connectivity index (χ0) is 14.4. The van der Waals surface area contributed by atoms with Crippen LogP contribution in [0, 0.1) is 5.82 Å². The number of hydrogen-bond acceptors (Lipinski definition) is 5. The number of likely N-dealkylation sites (N-methyl/N-ethyl adjacent to an activating group) is 1. The highest BCUT2D eigenvalue weighted by Crippen LogP contribution is 2.25. The molecule has 0 aliphatic carbocycles. The molecule has 6 heteroatoms. The van der Waals surface area contributed by atoms with Crippen molar-refractivity contribution in [2.45, 2.75) is 6.04 Å². The minimum Gasteiger partial charge on any atom is -0.508 e. The van der Waals surface area contributed by atoms with Gasteiger partial charge in [0.15, 0.2) is 0 Å². The number of phenols is 1. The number of hydrogen-bond donors (Lipinski definition) is 2. The Morgan fingerprint density at radius 2 is 2.21 bits per heavy atom. The maximum Gasteiger partial charge on any atom is 0.327 e. The lowest BCUT2D eigenvalue weighted by atomic mass is 10.1. The summed E-state index contributed by atoms with van der Waals surface area (Å²) in [6.45, 7) is 1.20. The summed E-state index contributed by atoms with van der Waals surface area (Å²) in [5, 5.41) is 12.7. The molecule has 0 aliphatic heterocycles. The molecule has 1 unspecified atom stereocenters. The van der Waals surface area contributed by atoms with Crippen molar-refractivity contribution in [1.82, 2.24) is 10.2 Å². The second kappa shape index (κ2) is 7.06. The number of rotatable bonds is 6. The number of aromatic hydroxyl groups is 1. The fourth-order valence-electron chi connectivity index (χ4n) is 1.63. The quantitative estimate of drug-likeness (QED) is 0.752. The molecule has 1 atom stereocenters. The highest BCUT2D eigenvalue weighted by atomic mass is 19.1. The van der Waals surface area contributed by atoms with Gasteiger partial charge in [0, 0.05) is 18.7 Å². The molecule has 1 rings (SSSR count). The third-order valence-electron chi connectivity index (χ3n) is 2.64. The molecule has 0 aromatic heterocycles. The van der Waals surface area contributed by atoms with E-state index in [4.69, 9.17) is 0 Å². The summed E-state index contributed by atoms with van der Waals surface area (Å²) in [6, 6.07) is 2.58. The van der Waals surface area contributed by atoms with Crippen LogP contribution >= 0.6 is 0 Å². The van der Waals surface area contributed by atoms with Gasteiger partial charge in [0.1, 0.15) is 17.6 Å². The molecule has 0 radical (unpaired) electrons. The van der Waals surface area contributed by atoms with E-state index < -0.39 is 17.8 Å². The molecule has 1 aromatic rings. The summed E-state index contributed by atoms with van der Waals surface area (Å²) in [4.78, 5) is 13.7. The molecular formula is C13H19FN2O3. The van der Waals surface area contributed by atoms with Crippen LogP contribution in [0.2, 0.25) is 0 Å². The number of halogens is 1. The lowest BCUT2D eigenvalue weighted by molar-refractivity contribution is -0.143. The summed E-state index contributed by atoms with van der Waals surface area (Å²) < 4.78 is 17.9. The molecule has 0 bridgehead atoms. The van der Waals surface area contributed by atoms with Gasteiger partial charge in [0.2, 0.25) is 0 Å². The molecule has 0 amide bonds. The largest absolute Gasteiger partial charge is 0.508 e. The van der Waals surface area contributed by atoms with Gasteiger partial charge in [-0.2, -0.15) is 0 Å². The first-order valence-corrected chi connectivity index (χ1v) is 5.90. The molecule has 2 N–H and O–H groups in total. The van der Waals surface area contributed by atoms with Crippen LogP contribution in [-0.4, -0.2) is 50.3 Å². The fourth-order valence-corrected chi connectivity index (χ4v) is 1.63. The van der Waals surface area contributed by atoms with E-state index in [1.165, 1.54) is 13.2 Å². The molecule has 5 nitrogen and oxygen atoms in total. The number of nitrogens with zero attached hydrogens (tertiary/aromatic N) is 1. The Morgan fingerprint density at radius 3 is 2.79 bits per heavy atom. The average molecular weight is 270 g/mol. The minimum atomic E-state index is -0.888. The van der Waals surface area contributed by atoms with Gasteiger partial charge >= 0.3 is 5.97 Å². The highest BCUT2D eigenvalue weighted by molar-refractivity contribution is 5.78. The Labute approximate surface area is 112 Å². The Kier molecular flexibility index (Phi) is 5.72. The van der Waals surface area contributed by atoms with E-state index in [2.05, 4.69) is 10.1 Å². The summed E-state index contributed by atoms with van der Waals surface area (Å²) in [7, 11) is 5.04. The number of phenolic OH excluding ortho intramolecular Hbond substituents is 1. The third-order valence-corrected chi connectivity index (χ3v) is 2.64. The van der Waals surface area contributed by atoms with Gasteiger partial charge in [0.25, 0.3) is 0 Å². The number of methoxy groups -OCH3 is 1. The van der Waals surface area contributed by atoms with E-state index in [0.717, 1.165) is 12.1 Å². The predicted octanol–water partition coefficient (Wildman–Crippen LogP) is 0.897. The summed E-state index contributed by atoms with van der Waals surface area (Å²) in [5.74, 6) is -1.23. The van der Waals surface area contributed by atoms with Crippen LogP contribution in [0.1, 0.15) is 11.6 Å². The summed E-state index contributed by atoms with van der Waals surface area (Å²) in [5.41, 5.74) is 0.172. The SMILES string of the molecule is COC(=O)C(NCCN(C)C)c1cc(F)ccc1O. The molecule has 0 heterocycles. The zero-order valence-electron chi connectivity index (χ0n) is 11.3. The number of esters is 1. The van der Waals surface area contributed by atoms with E-state index in [-0.39, 0.29) is 11.3 Å². The van der Waals surface area contributed by atoms with Gasteiger partial charge in [0.05, 0.1) is 7.11 Å². The smallest absolute Gasteiger partial charge is 0.327 e. The number of nitrogens with one attached hydrogen (secondary N) is 1. The van der Waals surface area contributed by atoms with Gasteiger partial charge in [-0.15, -0.1) is 0 Å². The van der Waals surface area contributed by atoms with Crippen LogP contribution in [0.5, 0.6) is 5.75 Å². The van der Waals surface area contributed by atoms with E-state index in [0.29, 0.717) is 13.1 Å². The zero-order valence-corrected chi connectivity index (χ0v) is 11.3. The first kappa shape index (κ1) is 15.4. The van der Waals surface area contributed by atoms with Gasteiger partial charge in [-0.25, -0.2) is 9.18 Å². The Hall–Kier alpha value is -1.66. The van der Waals surface area contributed by atoms with E-state index >= 15 is 0 Å². The average Bonchev–Trinajstić information content (AvgIpc) is 2.37. The monoisotopic (exact) mass is 270 g/mol. The van der Waals surface area contributed by atoms with E-state index in [9.17, 15) is 14.3 Å². The van der Waals surface area contributed by atoms with Crippen molar-refractivity contribution in [2.75, 3.05) is 34.3 Å². The van der Waals surface area contributed by atoms with Crippen LogP contribution in [-0.2, 0) is 9.53 Å². The second-order valence-electron chi connectivity index (χ2n) is 4.42. The van der Waals surface area contributed by atoms with Crippen LogP contribution in [0.15, 0.2) is 18.2 Å². The second-order valence-corrected chi connectivity index (χ2v) is 4.42. The lowest BCUT2D eigenvalue weighted by Crippen LogP contribution is -2.34. The maximum absolute atomic E-state index is 13.2. The van der Waals surface area contributed by atoms with Crippen LogP contribution in [0.25, 0.3) is 0 Å². The molecule has 0 saturated heterocycles. The van der Waals surface area contributed by atoms with Gasteiger partial charge in [-0.05, 0) is 32.3 Å². The van der Waals surface area contributed by atoms with Crippen molar-refractivity contribution in [3.8, 4) is 5.75 Å². The molecule has 0 fully saturated rings. The number of ether oxygens (including phenoxy) is 1. The number of benzene rings is 1. The topological polar surface area (TPSA) is 61.8 Å². The van der Waals surface area contributed by atoms with Crippen LogP contribution < -0.4 is 5.32 Å². The number of carbonyl (C=O) groups excluding carboxylic acids is 1. The van der Waals surface area contributed by atoms with Crippen LogP contribution in [0.4, 0.5) is 4.39 Å². The predicted molar refractivity (Wildman–Crippen MR) is 69.4 cm³/mol. The first-order valence-electron chi connectivity index (χ1n) is 5.90. The molecule has 0 aliphatic rings. The van der Waals surface area contributed by atoms with Crippen molar-refractivity contribution in [2.24, 2.45) is 0 Å². The van der Waals surface area contributed by atoms with Crippen molar-refractivity contribution < 1.29 is 19.0 Å². The van der Waals surface area contributed by atoms with Gasteiger partial charge in [-0.1, -0.05) is 0 Å². The molecule has 106 valence electrons. The number of carbonyl (C=O) groups is 1. The molecule has 0 saturated carbocycles. The summed E-state index contributed by atoms with van der Waals surface area (Å²) in [6.07, 6.45) is 0. The van der Waals surface area contributed by atoms with Crippen molar-refractivity contribution in [3.63, 3.8) is 0 Å². The normalized spacial score (nSPS) is 12.5. The Balaban J connectivity index is 2.89. The van der Waals surface area contributed by atoms with Crippen molar-refractivity contribution in [1.29, 1.82) is 0 Å². The van der Waals surface area contributed by atoms with Gasteiger partial charge < -0.3 is 14.7 Å². The standard InChI is InChI=1S/C13H19FN2O3/c1-16(2)7-6-15-12(13(18)19-3)10-8-9(14)4-5-11(10)17/h4-5,8,12,15,17H,6-7H2,1-3H3. The van der Waals surface area contributed by atoms with Crippen molar-refractivity contribution in [3.05, 3.63) is 29.6 Å². The lowest BCUT2D eigenvalue weighted by Gasteiger charge is -2.19. The van der Waals surface area contributed by atoms with Gasteiger partial charge in [-0.3, -0.25) is 5.32 Å². The Bertz CT molecular complexity index is 438. The maximum atomic E-state index is 13.2. The fraction of sp³-hybridized carbons (Fsp3) is 0.462. The van der Waals surface area contributed by atoms with E-state index in [1.54, 1.807) is 0 Å². The van der Waals surface area contributed by atoms with Crippen molar-refractivity contribution >= 4 is 5.97 Å². The highest BCUT2D eigenvalue weighted by Gasteiger charge is 2.24. The third kappa shape index (κ3) is 4.50. The molecule has 19 heavy (non-hydrogen) atoms. The molecule has 0 spiro atoms. The molecule has 1 aromatic carbocycles. The van der Waals surface area contributed by atoms with E-state index in [1.807, 2.05) is 19.0 Å².